The first-order valence-electron chi connectivity index (χ1n) is 8.23. The average molecular weight is 364 g/mol. The Morgan fingerprint density at radius 3 is 2.65 bits per heavy atom. The molecule has 3 nitrogen and oxygen atoms in total. The van der Waals surface area contributed by atoms with E-state index in [0.717, 1.165) is 16.1 Å². The van der Waals surface area contributed by atoms with E-state index in [1.165, 1.54) is 6.92 Å². The van der Waals surface area contributed by atoms with Gasteiger partial charge in [0.1, 0.15) is 5.75 Å². The van der Waals surface area contributed by atoms with E-state index in [1.807, 2.05) is 42.5 Å². The zero-order valence-corrected chi connectivity index (χ0v) is 15.1. The van der Waals surface area contributed by atoms with E-state index in [4.69, 9.17) is 11.6 Å². The van der Waals surface area contributed by atoms with Gasteiger partial charge in [-0.3, -0.25) is 9.79 Å². The molecule has 0 aromatic heterocycles. The molecule has 0 heterocycles. The summed E-state index contributed by atoms with van der Waals surface area (Å²) in [4.78, 5) is 15.9. The van der Waals surface area contributed by atoms with Gasteiger partial charge in [-0.05, 0) is 54.8 Å². The van der Waals surface area contributed by atoms with Gasteiger partial charge in [-0.1, -0.05) is 48.0 Å². The topological polar surface area (TPSA) is 49.7 Å². The van der Waals surface area contributed by atoms with Gasteiger partial charge in [-0.15, -0.1) is 0 Å². The second kappa shape index (κ2) is 7.98. The van der Waals surface area contributed by atoms with Crippen LogP contribution in [0.15, 0.2) is 71.7 Å². The zero-order chi connectivity index (χ0) is 18.5. The highest BCUT2D eigenvalue weighted by molar-refractivity contribution is 6.31. The maximum absolute atomic E-state index is 11.5. The number of aromatic hydroxyl groups is 1. The standard InChI is InChI=1S/C22H18ClNO2/c1-15(25)17-6-4-7-20(13-17)24-14-19-12-16(9-10-22(19)26)11-18-5-2-3-8-21(18)23/h2-10,12-14,26H,11H2,1H3. The lowest BCUT2D eigenvalue weighted by Gasteiger charge is -2.07. The van der Waals surface area contributed by atoms with Crippen LogP contribution in [0.4, 0.5) is 5.69 Å². The summed E-state index contributed by atoms with van der Waals surface area (Å²) in [5.74, 6) is 0.144. The van der Waals surface area contributed by atoms with Crippen LogP contribution in [-0.2, 0) is 6.42 Å². The number of nitrogens with zero attached hydrogens (tertiary/aromatic N) is 1. The number of phenols is 1. The summed E-state index contributed by atoms with van der Waals surface area (Å²) >= 11 is 6.22. The summed E-state index contributed by atoms with van der Waals surface area (Å²) in [6.45, 7) is 1.52. The van der Waals surface area contributed by atoms with Gasteiger partial charge in [0.05, 0.1) is 5.69 Å². The number of hydrogen-bond acceptors (Lipinski definition) is 3. The Morgan fingerprint density at radius 2 is 1.88 bits per heavy atom. The van der Waals surface area contributed by atoms with Gasteiger partial charge in [-0.25, -0.2) is 0 Å². The number of aliphatic imine (C=N–C) groups is 1. The minimum absolute atomic E-state index is 0.00775. The van der Waals surface area contributed by atoms with Crippen LogP contribution in [0.3, 0.4) is 0 Å². The number of rotatable bonds is 5. The Morgan fingerprint density at radius 1 is 1.08 bits per heavy atom. The minimum Gasteiger partial charge on any atom is -0.507 e. The van der Waals surface area contributed by atoms with Gasteiger partial charge in [0.25, 0.3) is 0 Å². The van der Waals surface area contributed by atoms with Gasteiger partial charge in [0.2, 0.25) is 0 Å². The Balaban J connectivity index is 1.85. The Kier molecular flexibility index (Phi) is 5.49. The molecule has 0 bridgehead atoms. The molecule has 0 amide bonds. The summed E-state index contributed by atoms with van der Waals surface area (Å²) in [6, 6.07) is 20.2. The SMILES string of the molecule is CC(=O)c1cccc(N=Cc2cc(Cc3ccccc3Cl)ccc2O)c1. The van der Waals surface area contributed by atoms with Gasteiger partial charge < -0.3 is 5.11 Å². The number of halogens is 1. The molecule has 26 heavy (non-hydrogen) atoms. The monoisotopic (exact) mass is 363 g/mol. The van der Waals surface area contributed by atoms with Crippen LogP contribution in [0.5, 0.6) is 5.75 Å². The summed E-state index contributed by atoms with van der Waals surface area (Å²) in [5.41, 5.74) is 3.93. The Labute approximate surface area is 157 Å². The van der Waals surface area contributed by atoms with E-state index < -0.39 is 0 Å². The zero-order valence-electron chi connectivity index (χ0n) is 14.3. The van der Waals surface area contributed by atoms with Crippen LogP contribution in [0.25, 0.3) is 0 Å². The molecule has 0 atom stereocenters. The van der Waals surface area contributed by atoms with Gasteiger partial charge in [-0.2, -0.15) is 0 Å². The Bertz CT molecular complexity index is 979. The molecule has 3 rings (SSSR count). The summed E-state index contributed by atoms with van der Waals surface area (Å²) in [5, 5.41) is 10.8. The van der Waals surface area contributed by atoms with Crippen LogP contribution < -0.4 is 0 Å². The summed E-state index contributed by atoms with van der Waals surface area (Å²) in [7, 11) is 0. The molecule has 0 radical (unpaired) electrons. The molecular weight excluding hydrogens is 346 g/mol. The smallest absolute Gasteiger partial charge is 0.159 e. The van der Waals surface area contributed by atoms with Crippen LogP contribution in [0, 0.1) is 0 Å². The van der Waals surface area contributed by atoms with E-state index in [2.05, 4.69) is 4.99 Å². The molecule has 0 saturated carbocycles. The number of hydrogen-bond donors (Lipinski definition) is 1. The van der Waals surface area contributed by atoms with Crippen molar-refractivity contribution in [3.63, 3.8) is 0 Å². The van der Waals surface area contributed by atoms with Crippen molar-refractivity contribution < 1.29 is 9.90 Å². The number of phenolic OH excluding ortho intramolecular Hbond substituents is 1. The molecule has 4 heteroatoms. The van der Waals surface area contributed by atoms with Crippen LogP contribution in [0.1, 0.15) is 34.0 Å². The van der Waals surface area contributed by atoms with E-state index in [9.17, 15) is 9.90 Å². The largest absolute Gasteiger partial charge is 0.507 e. The van der Waals surface area contributed by atoms with E-state index >= 15 is 0 Å². The molecule has 0 aliphatic heterocycles. The van der Waals surface area contributed by atoms with Crippen molar-refractivity contribution in [2.75, 3.05) is 0 Å². The van der Waals surface area contributed by atoms with Crippen molar-refractivity contribution in [1.82, 2.24) is 0 Å². The third-order valence-corrected chi connectivity index (χ3v) is 4.42. The van der Waals surface area contributed by atoms with Crippen molar-refractivity contribution in [2.24, 2.45) is 4.99 Å². The van der Waals surface area contributed by atoms with Crippen LogP contribution in [-0.4, -0.2) is 17.1 Å². The average Bonchev–Trinajstić information content (AvgIpc) is 2.64. The predicted octanol–water partition coefficient (Wildman–Crippen LogP) is 5.59. The predicted molar refractivity (Wildman–Crippen MR) is 106 cm³/mol. The molecule has 0 spiro atoms. The maximum atomic E-state index is 11.5. The highest BCUT2D eigenvalue weighted by atomic mass is 35.5. The van der Waals surface area contributed by atoms with Crippen molar-refractivity contribution in [1.29, 1.82) is 0 Å². The molecule has 1 N–H and O–H groups in total. The van der Waals surface area contributed by atoms with E-state index in [1.54, 1.807) is 30.5 Å². The number of carbonyl (C=O) groups is 1. The molecule has 0 saturated heterocycles. The second-order valence-corrected chi connectivity index (χ2v) is 6.43. The normalized spacial score (nSPS) is 11.0. The highest BCUT2D eigenvalue weighted by Crippen LogP contribution is 2.23. The minimum atomic E-state index is -0.00775. The lowest BCUT2D eigenvalue weighted by atomic mass is 10.0. The fourth-order valence-corrected chi connectivity index (χ4v) is 2.83. The van der Waals surface area contributed by atoms with Gasteiger partial charge in [0, 0.05) is 22.4 Å². The van der Waals surface area contributed by atoms with Crippen molar-refractivity contribution in [3.8, 4) is 5.75 Å². The Hall–Kier alpha value is -2.91. The number of carbonyl (C=O) groups excluding carboxylic acids is 1. The lowest BCUT2D eigenvalue weighted by Crippen LogP contribution is -1.92. The van der Waals surface area contributed by atoms with Crippen molar-refractivity contribution >= 4 is 29.3 Å². The van der Waals surface area contributed by atoms with Crippen LogP contribution in [0.2, 0.25) is 5.02 Å². The fraction of sp³-hybridized carbons (Fsp3) is 0.0909. The molecule has 0 unspecified atom stereocenters. The quantitative estimate of drug-likeness (QED) is 0.474. The van der Waals surface area contributed by atoms with Crippen molar-refractivity contribution in [2.45, 2.75) is 13.3 Å². The second-order valence-electron chi connectivity index (χ2n) is 6.03. The first-order valence-corrected chi connectivity index (χ1v) is 8.61. The molecule has 0 fully saturated rings. The highest BCUT2D eigenvalue weighted by Gasteiger charge is 2.05. The number of benzene rings is 3. The number of Topliss-reactive ketones (excluding diaryl/α,β-unsaturated/α-hetero) is 1. The maximum Gasteiger partial charge on any atom is 0.159 e. The van der Waals surface area contributed by atoms with E-state index in [-0.39, 0.29) is 11.5 Å². The van der Waals surface area contributed by atoms with Crippen molar-refractivity contribution in [3.05, 3.63) is 94.0 Å². The number of ketones is 1. The lowest BCUT2D eigenvalue weighted by molar-refractivity contribution is 0.101. The fourth-order valence-electron chi connectivity index (χ4n) is 2.63. The third-order valence-electron chi connectivity index (χ3n) is 4.05. The molecule has 3 aromatic carbocycles. The first kappa shape index (κ1) is 17.9. The molecular formula is C22H18ClNO2. The van der Waals surface area contributed by atoms with E-state index in [0.29, 0.717) is 23.2 Å². The summed E-state index contributed by atoms with van der Waals surface area (Å²) < 4.78 is 0. The van der Waals surface area contributed by atoms with Crippen LogP contribution >= 0.6 is 11.6 Å². The molecule has 3 aromatic rings. The third kappa shape index (κ3) is 4.38. The molecule has 0 aliphatic carbocycles. The molecule has 0 aliphatic rings. The van der Waals surface area contributed by atoms with Gasteiger partial charge >= 0.3 is 0 Å². The first-order chi connectivity index (χ1) is 12.5. The van der Waals surface area contributed by atoms with Gasteiger partial charge in [0.15, 0.2) is 5.78 Å². The molecule has 130 valence electrons. The summed E-state index contributed by atoms with van der Waals surface area (Å²) in [6.07, 6.45) is 2.27.